The standard InChI is InChI=1S/C16H25N3O2/c1-7-17-16(3,4)15(21)18-13-10-12(9-8-11(13)2)14(20)19(5)6/h8-10,17H,7H2,1-6H3,(H,18,21). The summed E-state index contributed by atoms with van der Waals surface area (Å²) in [4.78, 5) is 25.8. The van der Waals surface area contributed by atoms with E-state index < -0.39 is 5.54 Å². The molecule has 1 aromatic rings. The molecule has 0 saturated carbocycles. The van der Waals surface area contributed by atoms with Crippen LogP contribution < -0.4 is 10.6 Å². The number of carbonyl (C=O) groups is 2. The van der Waals surface area contributed by atoms with Crippen molar-refractivity contribution in [3.8, 4) is 0 Å². The van der Waals surface area contributed by atoms with Crippen LogP contribution in [0, 0.1) is 6.92 Å². The molecule has 0 aliphatic carbocycles. The Morgan fingerprint density at radius 2 is 1.86 bits per heavy atom. The van der Waals surface area contributed by atoms with Crippen molar-refractivity contribution in [2.24, 2.45) is 0 Å². The van der Waals surface area contributed by atoms with Crippen LogP contribution in [0.25, 0.3) is 0 Å². The summed E-state index contributed by atoms with van der Waals surface area (Å²) in [6.07, 6.45) is 0. The van der Waals surface area contributed by atoms with Gasteiger partial charge in [0.2, 0.25) is 5.91 Å². The normalized spacial score (nSPS) is 11.1. The second kappa shape index (κ2) is 6.72. The van der Waals surface area contributed by atoms with Crippen molar-refractivity contribution in [1.82, 2.24) is 10.2 Å². The molecule has 0 aliphatic heterocycles. The van der Waals surface area contributed by atoms with E-state index in [2.05, 4.69) is 10.6 Å². The van der Waals surface area contributed by atoms with Crippen molar-refractivity contribution >= 4 is 17.5 Å². The zero-order chi connectivity index (χ0) is 16.2. The van der Waals surface area contributed by atoms with E-state index in [0.29, 0.717) is 17.8 Å². The van der Waals surface area contributed by atoms with E-state index in [1.54, 1.807) is 26.2 Å². The van der Waals surface area contributed by atoms with Crippen LogP contribution in [0.4, 0.5) is 5.69 Å². The van der Waals surface area contributed by atoms with Crippen molar-refractivity contribution in [3.63, 3.8) is 0 Å². The fourth-order valence-corrected chi connectivity index (χ4v) is 1.95. The lowest BCUT2D eigenvalue weighted by atomic mass is 10.0. The van der Waals surface area contributed by atoms with Crippen LogP contribution in [0.1, 0.15) is 36.7 Å². The monoisotopic (exact) mass is 291 g/mol. The Kier molecular flexibility index (Phi) is 5.49. The van der Waals surface area contributed by atoms with Gasteiger partial charge >= 0.3 is 0 Å². The number of likely N-dealkylation sites (N-methyl/N-ethyl adjacent to an activating group) is 1. The summed E-state index contributed by atoms with van der Waals surface area (Å²) in [7, 11) is 3.41. The van der Waals surface area contributed by atoms with Gasteiger partial charge in [-0.2, -0.15) is 0 Å². The van der Waals surface area contributed by atoms with E-state index in [4.69, 9.17) is 0 Å². The highest BCUT2D eigenvalue weighted by atomic mass is 16.2. The third-order valence-electron chi connectivity index (χ3n) is 3.33. The first-order chi connectivity index (χ1) is 9.69. The second-order valence-electron chi connectivity index (χ2n) is 5.84. The lowest BCUT2D eigenvalue weighted by Gasteiger charge is -2.25. The molecule has 0 aromatic heterocycles. The maximum Gasteiger partial charge on any atom is 0.253 e. The first-order valence-corrected chi connectivity index (χ1v) is 7.07. The molecule has 0 radical (unpaired) electrons. The topological polar surface area (TPSA) is 61.4 Å². The van der Waals surface area contributed by atoms with E-state index in [9.17, 15) is 9.59 Å². The molecule has 0 spiro atoms. The number of amides is 2. The number of carbonyl (C=O) groups excluding carboxylic acids is 2. The highest BCUT2D eigenvalue weighted by Gasteiger charge is 2.26. The predicted molar refractivity (Wildman–Crippen MR) is 85.6 cm³/mol. The van der Waals surface area contributed by atoms with E-state index in [0.717, 1.165) is 5.56 Å². The number of aryl methyl sites for hydroxylation is 1. The van der Waals surface area contributed by atoms with Gasteiger partial charge in [-0.1, -0.05) is 13.0 Å². The van der Waals surface area contributed by atoms with Crippen LogP contribution in [-0.2, 0) is 4.79 Å². The number of hydrogen-bond acceptors (Lipinski definition) is 3. The number of hydrogen-bond donors (Lipinski definition) is 2. The summed E-state index contributed by atoms with van der Waals surface area (Å²) in [5.74, 6) is -0.210. The maximum atomic E-state index is 12.3. The molecule has 0 saturated heterocycles. The summed E-state index contributed by atoms with van der Waals surface area (Å²) in [6.45, 7) is 8.22. The molecule has 5 heteroatoms. The Balaban J connectivity index is 3.01. The minimum Gasteiger partial charge on any atom is -0.345 e. The van der Waals surface area contributed by atoms with Crippen LogP contribution >= 0.6 is 0 Å². The predicted octanol–water partition coefficient (Wildman–Crippen LogP) is 2.02. The molecule has 1 aromatic carbocycles. The Bertz CT molecular complexity index is 536. The molecule has 21 heavy (non-hydrogen) atoms. The molecule has 0 unspecified atom stereocenters. The highest BCUT2D eigenvalue weighted by Crippen LogP contribution is 2.19. The molecule has 0 fully saturated rings. The molecule has 2 N–H and O–H groups in total. The number of benzene rings is 1. The van der Waals surface area contributed by atoms with Gasteiger partial charge in [0.25, 0.3) is 5.91 Å². The van der Waals surface area contributed by atoms with Crippen molar-refractivity contribution in [1.29, 1.82) is 0 Å². The van der Waals surface area contributed by atoms with Crippen molar-refractivity contribution in [2.75, 3.05) is 26.0 Å². The van der Waals surface area contributed by atoms with Crippen molar-refractivity contribution in [2.45, 2.75) is 33.2 Å². The van der Waals surface area contributed by atoms with Gasteiger partial charge in [0.05, 0.1) is 5.54 Å². The highest BCUT2D eigenvalue weighted by molar-refractivity contribution is 6.00. The SMILES string of the molecule is CCNC(C)(C)C(=O)Nc1cc(C(=O)N(C)C)ccc1C. The summed E-state index contributed by atoms with van der Waals surface area (Å²) in [5.41, 5.74) is 1.48. The minimum atomic E-state index is -0.664. The molecular formula is C16H25N3O2. The van der Waals surface area contributed by atoms with Crippen LogP contribution in [0.5, 0.6) is 0 Å². The first kappa shape index (κ1) is 17.2. The zero-order valence-electron chi connectivity index (χ0n) is 13.7. The van der Waals surface area contributed by atoms with Crippen LogP contribution in [0.2, 0.25) is 0 Å². The van der Waals surface area contributed by atoms with Crippen LogP contribution in [-0.4, -0.2) is 42.9 Å². The summed E-state index contributed by atoms with van der Waals surface area (Å²) < 4.78 is 0. The fraction of sp³-hybridized carbons (Fsp3) is 0.500. The third kappa shape index (κ3) is 4.29. The van der Waals surface area contributed by atoms with E-state index in [1.165, 1.54) is 4.90 Å². The number of nitrogens with one attached hydrogen (secondary N) is 2. The molecule has 1 rings (SSSR count). The molecule has 0 bridgehead atoms. The Morgan fingerprint density at radius 3 is 2.38 bits per heavy atom. The van der Waals surface area contributed by atoms with Gasteiger partial charge in [-0.05, 0) is 45.0 Å². The smallest absolute Gasteiger partial charge is 0.253 e. The van der Waals surface area contributed by atoms with Gasteiger partial charge in [0.15, 0.2) is 0 Å². The Hall–Kier alpha value is -1.88. The molecule has 116 valence electrons. The van der Waals surface area contributed by atoms with E-state index >= 15 is 0 Å². The molecule has 0 atom stereocenters. The maximum absolute atomic E-state index is 12.3. The van der Waals surface area contributed by atoms with Crippen molar-refractivity contribution in [3.05, 3.63) is 29.3 Å². The molecule has 0 heterocycles. The lowest BCUT2D eigenvalue weighted by molar-refractivity contribution is -0.121. The van der Waals surface area contributed by atoms with Gasteiger partial charge in [0.1, 0.15) is 0 Å². The van der Waals surface area contributed by atoms with Gasteiger partial charge in [-0.25, -0.2) is 0 Å². The number of nitrogens with zero attached hydrogens (tertiary/aromatic N) is 1. The average Bonchev–Trinajstić information content (AvgIpc) is 2.40. The fourth-order valence-electron chi connectivity index (χ4n) is 1.95. The van der Waals surface area contributed by atoms with E-state index in [-0.39, 0.29) is 11.8 Å². The number of rotatable bonds is 5. The summed E-state index contributed by atoms with van der Waals surface area (Å²) in [5, 5.41) is 6.03. The van der Waals surface area contributed by atoms with E-state index in [1.807, 2.05) is 33.8 Å². The van der Waals surface area contributed by atoms with Crippen LogP contribution in [0.15, 0.2) is 18.2 Å². The van der Waals surface area contributed by atoms with Gasteiger partial charge in [0, 0.05) is 25.3 Å². The molecule has 2 amide bonds. The molecular weight excluding hydrogens is 266 g/mol. The van der Waals surface area contributed by atoms with Crippen molar-refractivity contribution < 1.29 is 9.59 Å². The Labute approximate surface area is 126 Å². The summed E-state index contributed by atoms with van der Waals surface area (Å²) >= 11 is 0. The quantitative estimate of drug-likeness (QED) is 0.872. The zero-order valence-corrected chi connectivity index (χ0v) is 13.7. The van der Waals surface area contributed by atoms with Gasteiger partial charge in [-0.15, -0.1) is 0 Å². The molecule has 5 nitrogen and oxygen atoms in total. The average molecular weight is 291 g/mol. The Morgan fingerprint density at radius 1 is 1.24 bits per heavy atom. The largest absolute Gasteiger partial charge is 0.345 e. The second-order valence-corrected chi connectivity index (χ2v) is 5.84. The van der Waals surface area contributed by atoms with Crippen LogP contribution in [0.3, 0.4) is 0 Å². The number of anilines is 1. The first-order valence-electron chi connectivity index (χ1n) is 7.07. The third-order valence-corrected chi connectivity index (χ3v) is 3.33. The lowest BCUT2D eigenvalue weighted by Crippen LogP contribution is -2.49. The minimum absolute atomic E-state index is 0.0866. The van der Waals surface area contributed by atoms with Gasteiger partial charge in [-0.3, -0.25) is 9.59 Å². The van der Waals surface area contributed by atoms with Gasteiger partial charge < -0.3 is 15.5 Å². The summed E-state index contributed by atoms with van der Waals surface area (Å²) in [6, 6.07) is 5.33. The molecule has 0 aliphatic rings.